The molecule has 12 aromatic rings. The van der Waals surface area contributed by atoms with Gasteiger partial charge < -0.3 is 4.57 Å². The molecule has 57 heavy (non-hydrogen) atoms. The minimum absolute atomic E-state index is 0.825. The fourth-order valence-corrected chi connectivity index (χ4v) is 12.5. The summed E-state index contributed by atoms with van der Waals surface area (Å²) in [4.78, 5) is 5.42. The van der Waals surface area contributed by atoms with Crippen LogP contribution in [0.5, 0.6) is 0 Å². The highest BCUT2D eigenvalue weighted by atomic mass is 31.2. The largest absolute Gasteiger partial charge is 0.309 e. The molecule has 3 nitrogen and oxygen atoms in total. The molecule has 0 bridgehead atoms. The van der Waals surface area contributed by atoms with E-state index in [1.165, 1.54) is 32.3 Å². The summed E-state index contributed by atoms with van der Waals surface area (Å²) in [5.74, 6) is 0. The highest BCUT2D eigenvalue weighted by Gasteiger charge is 2.34. The minimum atomic E-state index is -3.35. The third-order valence-electron chi connectivity index (χ3n) is 11.9. The van der Waals surface area contributed by atoms with Gasteiger partial charge in [-0.3, -0.25) is 4.40 Å². The van der Waals surface area contributed by atoms with Crippen LogP contribution in [0.4, 0.5) is 0 Å². The van der Waals surface area contributed by atoms with E-state index >= 15 is 4.57 Å². The summed E-state index contributed by atoms with van der Waals surface area (Å²) in [6.45, 7) is 0. The number of hydrogen-bond acceptors (Lipinski definition) is 2. The Morgan fingerprint density at radius 3 is 1.60 bits per heavy atom. The number of benzene rings is 10. The molecular formula is C53H33N2OP. The molecule has 0 saturated carbocycles. The first-order valence-corrected chi connectivity index (χ1v) is 21.1. The molecule has 0 saturated heterocycles. The SMILES string of the molecule is O=P(c1ccccc1)(c1ccccc1)c1c2ccccc2c(-c2ccc3nc4c5c6ccccc6ccc5c5cc6ccccc6cc5n4c3c2)c2ccccc12. The Labute approximate surface area is 328 Å². The van der Waals surface area contributed by atoms with Crippen molar-refractivity contribution in [1.29, 1.82) is 0 Å². The maximum Gasteiger partial charge on any atom is 0.172 e. The Morgan fingerprint density at radius 1 is 0.404 bits per heavy atom. The van der Waals surface area contributed by atoms with Gasteiger partial charge in [0.2, 0.25) is 0 Å². The fourth-order valence-electron chi connectivity index (χ4n) is 9.45. The van der Waals surface area contributed by atoms with Crippen LogP contribution in [0.15, 0.2) is 200 Å². The van der Waals surface area contributed by atoms with Crippen LogP contribution in [0.1, 0.15) is 0 Å². The quantitative estimate of drug-likeness (QED) is 0.102. The van der Waals surface area contributed by atoms with E-state index in [0.717, 1.165) is 76.2 Å². The Balaban J connectivity index is 1.22. The van der Waals surface area contributed by atoms with Crippen molar-refractivity contribution < 1.29 is 4.57 Å². The van der Waals surface area contributed by atoms with Gasteiger partial charge in [-0.05, 0) is 83.9 Å². The van der Waals surface area contributed by atoms with Gasteiger partial charge in [-0.2, -0.15) is 0 Å². The molecule has 0 amide bonds. The lowest BCUT2D eigenvalue weighted by Crippen LogP contribution is -2.26. The Kier molecular flexibility index (Phi) is 6.90. The smallest absolute Gasteiger partial charge is 0.172 e. The van der Waals surface area contributed by atoms with E-state index in [4.69, 9.17) is 4.98 Å². The summed E-state index contributed by atoms with van der Waals surface area (Å²) in [5, 5.41) is 15.0. The summed E-state index contributed by atoms with van der Waals surface area (Å²) >= 11 is 0. The van der Waals surface area contributed by atoms with Gasteiger partial charge >= 0.3 is 0 Å². The number of rotatable bonds is 4. The average molecular weight is 745 g/mol. The molecular weight excluding hydrogens is 712 g/mol. The normalized spacial score (nSPS) is 12.3. The van der Waals surface area contributed by atoms with Crippen LogP contribution < -0.4 is 15.9 Å². The summed E-state index contributed by atoms with van der Waals surface area (Å²) in [6, 6.07) is 70.2. The van der Waals surface area contributed by atoms with E-state index in [2.05, 4.69) is 144 Å². The Bertz CT molecular complexity index is 3560. The molecule has 2 aromatic heterocycles. The molecule has 0 N–H and O–H groups in total. The average Bonchev–Trinajstić information content (AvgIpc) is 3.67. The molecule has 0 aliphatic heterocycles. The lowest BCUT2D eigenvalue weighted by molar-refractivity contribution is 0.593. The Morgan fingerprint density at radius 2 is 0.947 bits per heavy atom. The van der Waals surface area contributed by atoms with Crippen LogP contribution >= 0.6 is 7.14 Å². The first kappa shape index (κ1) is 32.2. The fraction of sp³-hybridized carbons (Fsp3) is 0. The van der Waals surface area contributed by atoms with Gasteiger partial charge in [0.1, 0.15) is 5.65 Å². The zero-order valence-electron chi connectivity index (χ0n) is 30.8. The van der Waals surface area contributed by atoms with Crippen LogP contribution in [0, 0.1) is 0 Å². The third-order valence-corrected chi connectivity index (χ3v) is 15.1. The number of nitrogens with zero attached hydrogens (tertiary/aromatic N) is 2. The highest BCUT2D eigenvalue weighted by Crippen LogP contribution is 2.49. The van der Waals surface area contributed by atoms with E-state index < -0.39 is 7.14 Å². The predicted molar refractivity (Wildman–Crippen MR) is 243 cm³/mol. The third kappa shape index (κ3) is 4.61. The molecule has 0 radical (unpaired) electrons. The van der Waals surface area contributed by atoms with Crippen LogP contribution in [0.2, 0.25) is 0 Å². The molecule has 0 aliphatic rings. The second-order valence-corrected chi connectivity index (χ2v) is 17.7. The monoisotopic (exact) mass is 744 g/mol. The standard InChI is InChI=1S/C53H33N2OP/c56-57(38-18-3-1-4-19-38,39-20-5-2-6-21-39)52-44-25-13-11-23-41(44)50(42-24-12-14-26-45(42)52)37-28-30-47-49(33-37)55-48-32-36-17-8-7-16-35(36)31-46(48)43-29-27-34-15-9-10-22-40(34)51(43)53(55)54-47/h1-33H. The lowest BCUT2D eigenvalue weighted by atomic mass is 9.91. The molecule has 4 heteroatoms. The summed E-state index contributed by atoms with van der Waals surface area (Å²) in [6.07, 6.45) is 0. The van der Waals surface area contributed by atoms with Crippen molar-refractivity contribution in [3.05, 3.63) is 200 Å². The highest BCUT2D eigenvalue weighted by molar-refractivity contribution is 7.86. The lowest BCUT2D eigenvalue weighted by Gasteiger charge is -2.25. The summed E-state index contributed by atoms with van der Waals surface area (Å²) in [5.41, 5.74) is 6.28. The van der Waals surface area contributed by atoms with Crippen molar-refractivity contribution >= 4 is 105 Å². The zero-order valence-corrected chi connectivity index (χ0v) is 31.7. The van der Waals surface area contributed by atoms with Crippen molar-refractivity contribution in [3.63, 3.8) is 0 Å². The van der Waals surface area contributed by atoms with Gasteiger partial charge in [0.15, 0.2) is 7.14 Å². The van der Waals surface area contributed by atoms with Crippen LogP contribution in [0.3, 0.4) is 0 Å². The van der Waals surface area contributed by atoms with Gasteiger partial charge in [-0.15, -0.1) is 0 Å². The molecule has 0 aliphatic carbocycles. The van der Waals surface area contributed by atoms with E-state index in [9.17, 15) is 0 Å². The van der Waals surface area contributed by atoms with E-state index in [1.54, 1.807) is 0 Å². The molecule has 0 atom stereocenters. The van der Waals surface area contributed by atoms with Gasteiger partial charge in [-0.1, -0.05) is 176 Å². The molecule has 0 unspecified atom stereocenters. The van der Waals surface area contributed by atoms with Crippen molar-refractivity contribution in [2.45, 2.75) is 0 Å². The topological polar surface area (TPSA) is 34.4 Å². The number of pyridine rings is 1. The number of imidazole rings is 1. The number of hydrogen-bond donors (Lipinski definition) is 0. The molecule has 266 valence electrons. The van der Waals surface area contributed by atoms with Crippen molar-refractivity contribution in [2.75, 3.05) is 0 Å². The zero-order chi connectivity index (χ0) is 37.7. The van der Waals surface area contributed by atoms with Crippen molar-refractivity contribution in [2.24, 2.45) is 0 Å². The molecule has 0 fully saturated rings. The Hall–Kier alpha value is -7.06. The summed E-state index contributed by atoms with van der Waals surface area (Å²) in [7, 11) is -3.35. The van der Waals surface area contributed by atoms with Crippen LogP contribution in [0.25, 0.3) is 92.6 Å². The van der Waals surface area contributed by atoms with E-state index in [0.29, 0.717) is 0 Å². The second kappa shape index (κ2) is 12.2. The first-order chi connectivity index (χ1) is 28.2. The van der Waals surface area contributed by atoms with Crippen LogP contribution in [-0.2, 0) is 4.57 Å². The number of aromatic nitrogens is 2. The summed E-state index contributed by atoms with van der Waals surface area (Å²) < 4.78 is 18.6. The van der Waals surface area contributed by atoms with Crippen molar-refractivity contribution in [1.82, 2.24) is 9.38 Å². The maximum absolute atomic E-state index is 16.2. The molecule has 0 spiro atoms. The van der Waals surface area contributed by atoms with Crippen LogP contribution in [-0.4, -0.2) is 9.38 Å². The van der Waals surface area contributed by atoms with E-state index in [1.807, 2.05) is 60.7 Å². The molecule has 10 aromatic carbocycles. The molecule has 12 rings (SSSR count). The van der Waals surface area contributed by atoms with Gasteiger partial charge in [0.25, 0.3) is 0 Å². The van der Waals surface area contributed by atoms with Gasteiger partial charge in [0, 0.05) is 26.7 Å². The number of fused-ring (bicyclic) bond motifs is 13. The molecule has 2 heterocycles. The van der Waals surface area contributed by atoms with Gasteiger partial charge in [-0.25, -0.2) is 4.98 Å². The van der Waals surface area contributed by atoms with E-state index in [-0.39, 0.29) is 0 Å². The van der Waals surface area contributed by atoms with Gasteiger partial charge in [0.05, 0.1) is 16.6 Å². The van der Waals surface area contributed by atoms with Crippen molar-refractivity contribution in [3.8, 4) is 11.1 Å². The predicted octanol–water partition coefficient (Wildman–Crippen LogP) is 12.7. The first-order valence-electron chi connectivity index (χ1n) is 19.4. The maximum atomic E-state index is 16.2. The second-order valence-electron chi connectivity index (χ2n) is 15.0. The minimum Gasteiger partial charge on any atom is -0.309 e.